The van der Waals surface area contributed by atoms with E-state index in [2.05, 4.69) is 20.4 Å². The van der Waals surface area contributed by atoms with Crippen LogP contribution >= 0.6 is 34.8 Å². The zero-order valence-electron chi connectivity index (χ0n) is 14.1. The molecular formula is C17H15Cl3FN5O. The highest BCUT2D eigenvalue weighted by Gasteiger charge is 2.17. The van der Waals surface area contributed by atoms with Gasteiger partial charge in [-0.3, -0.25) is 0 Å². The predicted octanol–water partition coefficient (Wildman–Crippen LogP) is 4.95. The van der Waals surface area contributed by atoms with Crippen molar-refractivity contribution in [2.24, 2.45) is 0 Å². The number of aliphatic hydroxyl groups excluding tert-OH is 1. The molecule has 6 nitrogen and oxygen atoms in total. The number of benzene rings is 1. The van der Waals surface area contributed by atoms with Crippen molar-refractivity contribution in [3.8, 4) is 11.4 Å². The fourth-order valence-electron chi connectivity index (χ4n) is 2.38. The van der Waals surface area contributed by atoms with Crippen LogP contribution in [-0.2, 0) is 6.54 Å². The number of nitrogens with one attached hydrogen (secondary N) is 1. The van der Waals surface area contributed by atoms with Crippen LogP contribution < -0.4 is 5.32 Å². The van der Waals surface area contributed by atoms with Crippen LogP contribution in [0, 0.1) is 5.82 Å². The number of hydrogen-bond donors (Lipinski definition) is 2. The highest BCUT2D eigenvalue weighted by Crippen LogP contribution is 2.28. The second kappa shape index (κ2) is 8.39. The van der Waals surface area contributed by atoms with E-state index in [1.807, 2.05) is 6.92 Å². The minimum Gasteiger partial charge on any atom is -0.391 e. The molecule has 0 amide bonds. The molecule has 0 radical (unpaired) electrons. The molecule has 0 aliphatic carbocycles. The van der Waals surface area contributed by atoms with Crippen molar-refractivity contribution in [3.63, 3.8) is 0 Å². The SMILES string of the molecule is CC[C@H](O)Cn1nc(Nc2cccc(Cl)c2F)nc1-c1cc(Cl)nc(Cl)c1. The molecule has 27 heavy (non-hydrogen) atoms. The summed E-state index contributed by atoms with van der Waals surface area (Å²) >= 11 is 17.8. The molecule has 10 heteroatoms. The molecule has 0 aliphatic rings. The number of anilines is 2. The van der Waals surface area contributed by atoms with Gasteiger partial charge in [0.05, 0.1) is 23.4 Å². The average molecular weight is 431 g/mol. The van der Waals surface area contributed by atoms with E-state index in [4.69, 9.17) is 34.8 Å². The summed E-state index contributed by atoms with van der Waals surface area (Å²) in [4.78, 5) is 8.30. The lowest BCUT2D eigenvalue weighted by Gasteiger charge is -2.10. The lowest BCUT2D eigenvalue weighted by molar-refractivity contribution is 0.146. The highest BCUT2D eigenvalue weighted by atomic mass is 35.5. The van der Waals surface area contributed by atoms with Crippen molar-refractivity contribution >= 4 is 46.4 Å². The summed E-state index contributed by atoms with van der Waals surface area (Å²) in [7, 11) is 0. The third kappa shape index (κ3) is 4.68. The van der Waals surface area contributed by atoms with Gasteiger partial charge in [0.15, 0.2) is 11.6 Å². The van der Waals surface area contributed by atoms with E-state index >= 15 is 0 Å². The van der Waals surface area contributed by atoms with E-state index in [1.165, 1.54) is 16.8 Å². The molecule has 2 heterocycles. The second-order valence-electron chi connectivity index (χ2n) is 5.73. The Morgan fingerprint density at radius 1 is 1.19 bits per heavy atom. The Hall–Kier alpha value is -1.93. The topological polar surface area (TPSA) is 75.9 Å². The summed E-state index contributed by atoms with van der Waals surface area (Å²) in [6.07, 6.45) is -0.1000. The van der Waals surface area contributed by atoms with E-state index in [9.17, 15) is 9.50 Å². The van der Waals surface area contributed by atoms with Gasteiger partial charge in [0, 0.05) is 5.56 Å². The predicted molar refractivity (Wildman–Crippen MR) is 104 cm³/mol. The van der Waals surface area contributed by atoms with Gasteiger partial charge in [0.25, 0.3) is 0 Å². The van der Waals surface area contributed by atoms with Crippen LogP contribution in [0.4, 0.5) is 16.0 Å². The molecule has 0 aliphatic heterocycles. The van der Waals surface area contributed by atoms with Crippen LogP contribution in [0.3, 0.4) is 0 Å². The van der Waals surface area contributed by atoms with Crippen LogP contribution in [0.2, 0.25) is 15.3 Å². The standard InChI is InChI=1S/C17H15Cl3FN5O/c1-2-10(27)8-26-16(9-6-13(19)23-14(20)7-9)24-17(25-26)22-12-5-3-4-11(18)15(12)21/h3-7,10,27H,2,8H2,1H3,(H,22,25)/t10-/m0/s1. The maximum Gasteiger partial charge on any atom is 0.247 e. The Kier molecular flexibility index (Phi) is 6.16. The molecule has 0 bridgehead atoms. The Labute approximate surface area is 169 Å². The molecule has 0 unspecified atom stereocenters. The van der Waals surface area contributed by atoms with Gasteiger partial charge < -0.3 is 10.4 Å². The van der Waals surface area contributed by atoms with Crippen LogP contribution in [-0.4, -0.2) is 31.0 Å². The first-order chi connectivity index (χ1) is 12.9. The first kappa shape index (κ1) is 19.8. The molecule has 142 valence electrons. The van der Waals surface area contributed by atoms with Crippen molar-refractivity contribution < 1.29 is 9.50 Å². The molecule has 2 aromatic heterocycles. The molecule has 0 fully saturated rings. The lowest BCUT2D eigenvalue weighted by atomic mass is 10.2. The Morgan fingerprint density at radius 2 is 1.89 bits per heavy atom. The van der Waals surface area contributed by atoms with E-state index in [1.54, 1.807) is 18.2 Å². The van der Waals surface area contributed by atoms with E-state index in [0.717, 1.165) is 0 Å². The van der Waals surface area contributed by atoms with E-state index < -0.39 is 11.9 Å². The molecule has 3 rings (SSSR count). The average Bonchev–Trinajstić information content (AvgIpc) is 3.00. The summed E-state index contributed by atoms with van der Waals surface area (Å²) < 4.78 is 15.6. The van der Waals surface area contributed by atoms with Crippen LogP contribution in [0.5, 0.6) is 0 Å². The number of aromatic nitrogens is 4. The van der Waals surface area contributed by atoms with Gasteiger partial charge in [0.2, 0.25) is 5.95 Å². The largest absolute Gasteiger partial charge is 0.391 e. The smallest absolute Gasteiger partial charge is 0.247 e. The van der Waals surface area contributed by atoms with Crippen LogP contribution in [0.15, 0.2) is 30.3 Å². The third-order valence-corrected chi connectivity index (χ3v) is 4.42. The van der Waals surface area contributed by atoms with Gasteiger partial charge in [-0.15, -0.1) is 5.10 Å². The number of halogens is 4. The number of rotatable bonds is 6. The Bertz CT molecular complexity index is 945. The highest BCUT2D eigenvalue weighted by molar-refractivity contribution is 6.32. The Morgan fingerprint density at radius 3 is 2.56 bits per heavy atom. The first-order valence-electron chi connectivity index (χ1n) is 8.04. The fraction of sp³-hybridized carbons (Fsp3) is 0.235. The molecule has 3 aromatic rings. The van der Waals surface area contributed by atoms with Gasteiger partial charge in [-0.1, -0.05) is 47.8 Å². The minimum absolute atomic E-state index is 0.0197. The molecule has 0 saturated carbocycles. The molecular weight excluding hydrogens is 416 g/mol. The zero-order valence-corrected chi connectivity index (χ0v) is 16.4. The number of pyridine rings is 1. The molecule has 0 saturated heterocycles. The quantitative estimate of drug-likeness (QED) is 0.541. The van der Waals surface area contributed by atoms with Gasteiger partial charge in [-0.25, -0.2) is 14.1 Å². The summed E-state index contributed by atoms with van der Waals surface area (Å²) in [5.41, 5.74) is 0.698. The number of hydrogen-bond acceptors (Lipinski definition) is 5. The maximum absolute atomic E-state index is 14.1. The normalized spacial score (nSPS) is 12.2. The fourth-order valence-corrected chi connectivity index (χ4v) is 3.01. The van der Waals surface area contributed by atoms with Gasteiger partial charge >= 0.3 is 0 Å². The zero-order chi connectivity index (χ0) is 19.6. The monoisotopic (exact) mass is 429 g/mol. The van der Waals surface area contributed by atoms with Crippen molar-refractivity contribution in [2.75, 3.05) is 5.32 Å². The summed E-state index contributed by atoms with van der Waals surface area (Å²) in [5, 5.41) is 17.5. The van der Waals surface area contributed by atoms with Crippen LogP contribution in [0.1, 0.15) is 13.3 Å². The number of nitrogens with zero attached hydrogens (tertiary/aromatic N) is 4. The molecule has 1 aromatic carbocycles. The van der Waals surface area contributed by atoms with Crippen molar-refractivity contribution in [2.45, 2.75) is 26.0 Å². The second-order valence-corrected chi connectivity index (χ2v) is 6.91. The third-order valence-electron chi connectivity index (χ3n) is 3.75. The molecule has 1 atom stereocenters. The Balaban J connectivity index is 2.02. The van der Waals surface area contributed by atoms with Crippen molar-refractivity contribution in [3.05, 3.63) is 51.5 Å². The summed E-state index contributed by atoms with van der Waals surface area (Å²) in [5.74, 6) is -0.0715. The summed E-state index contributed by atoms with van der Waals surface area (Å²) in [6, 6.07) is 7.72. The van der Waals surface area contributed by atoms with Gasteiger partial charge in [0.1, 0.15) is 10.3 Å². The van der Waals surface area contributed by atoms with E-state index in [-0.39, 0.29) is 33.5 Å². The van der Waals surface area contributed by atoms with Crippen molar-refractivity contribution in [1.29, 1.82) is 0 Å². The van der Waals surface area contributed by atoms with Crippen molar-refractivity contribution in [1.82, 2.24) is 19.7 Å². The minimum atomic E-state index is -0.631. The molecule has 2 N–H and O–H groups in total. The summed E-state index contributed by atoms with van der Waals surface area (Å²) in [6.45, 7) is 2.04. The van der Waals surface area contributed by atoms with Gasteiger partial charge in [-0.2, -0.15) is 4.98 Å². The lowest BCUT2D eigenvalue weighted by Crippen LogP contribution is -2.16. The van der Waals surface area contributed by atoms with E-state index in [0.29, 0.717) is 17.8 Å². The molecule has 0 spiro atoms. The number of aliphatic hydroxyl groups is 1. The van der Waals surface area contributed by atoms with Crippen LogP contribution in [0.25, 0.3) is 11.4 Å². The maximum atomic E-state index is 14.1. The first-order valence-corrected chi connectivity index (χ1v) is 9.18. The van der Waals surface area contributed by atoms with Gasteiger partial charge in [-0.05, 0) is 30.7 Å².